The summed E-state index contributed by atoms with van der Waals surface area (Å²) in [6.45, 7) is 7.58. The molecule has 0 bridgehead atoms. The average Bonchev–Trinajstić information content (AvgIpc) is 2.77. The second kappa shape index (κ2) is 12.6. The van der Waals surface area contributed by atoms with E-state index in [1.807, 2.05) is 12.1 Å². The number of amides is 1. The summed E-state index contributed by atoms with van der Waals surface area (Å²) in [5, 5.41) is 6.70. The SMILES string of the molecule is CCNC(=NCCNC(=O)c1ccccc1Cl)N1CCN(c2ccccc2)CC1.I. The average molecular weight is 542 g/mol. The summed E-state index contributed by atoms with van der Waals surface area (Å²) < 4.78 is 0. The van der Waals surface area contributed by atoms with Crippen molar-refractivity contribution in [3.8, 4) is 0 Å². The lowest BCUT2D eigenvalue weighted by atomic mass is 10.2. The molecule has 0 saturated carbocycles. The van der Waals surface area contributed by atoms with Gasteiger partial charge in [-0.2, -0.15) is 0 Å². The van der Waals surface area contributed by atoms with Crippen molar-refractivity contribution in [3.05, 3.63) is 65.2 Å². The van der Waals surface area contributed by atoms with E-state index in [9.17, 15) is 4.79 Å². The van der Waals surface area contributed by atoms with E-state index in [1.165, 1.54) is 5.69 Å². The van der Waals surface area contributed by atoms with E-state index in [0.29, 0.717) is 23.7 Å². The van der Waals surface area contributed by atoms with Gasteiger partial charge in [0, 0.05) is 45.0 Å². The molecule has 1 fully saturated rings. The summed E-state index contributed by atoms with van der Waals surface area (Å²) in [4.78, 5) is 21.6. The van der Waals surface area contributed by atoms with Crippen molar-refractivity contribution in [3.63, 3.8) is 0 Å². The predicted molar refractivity (Wildman–Crippen MR) is 135 cm³/mol. The number of nitrogens with one attached hydrogen (secondary N) is 2. The fourth-order valence-corrected chi connectivity index (χ4v) is 3.53. The molecule has 1 aliphatic heterocycles. The molecule has 162 valence electrons. The molecule has 0 aromatic heterocycles. The van der Waals surface area contributed by atoms with Crippen molar-refractivity contribution in [1.29, 1.82) is 0 Å². The Morgan fingerprint density at radius 3 is 2.33 bits per heavy atom. The minimum atomic E-state index is -0.174. The molecule has 0 unspecified atom stereocenters. The summed E-state index contributed by atoms with van der Waals surface area (Å²) in [6, 6.07) is 17.5. The van der Waals surface area contributed by atoms with E-state index >= 15 is 0 Å². The highest BCUT2D eigenvalue weighted by molar-refractivity contribution is 14.0. The van der Waals surface area contributed by atoms with E-state index in [4.69, 9.17) is 11.6 Å². The van der Waals surface area contributed by atoms with Crippen LogP contribution in [0.3, 0.4) is 0 Å². The van der Waals surface area contributed by atoms with Gasteiger partial charge in [-0.25, -0.2) is 0 Å². The first-order valence-electron chi connectivity index (χ1n) is 10.0. The number of hydrogen-bond acceptors (Lipinski definition) is 3. The number of piperazine rings is 1. The zero-order chi connectivity index (χ0) is 20.5. The van der Waals surface area contributed by atoms with Crippen LogP contribution in [0, 0.1) is 0 Å². The summed E-state index contributed by atoms with van der Waals surface area (Å²) in [6.07, 6.45) is 0. The molecule has 1 aliphatic rings. The van der Waals surface area contributed by atoms with Crippen LogP contribution >= 0.6 is 35.6 Å². The monoisotopic (exact) mass is 541 g/mol. The maximum atomic E-state index is 12.2. The minimum Gasteiger partial charge on any atom is -0.368 e. The number of rotatable bonds is 6. The highest BCUT2D eigenvalue weighted by Crippen LogP contribution is 2.16. The first kappa shape index (κ1) is 24.3. The largest absolute Gasteiger partial charge is 0.368 e. The van der Waals surface area contributed by atoms with E-state index in [2.05, 4.69) is 56.6 Å². The number of hydrogen-bond donors (Lipinski definition) is 2. The molecule has 2 N–H and O–H groups in total. The maximum absolute atomic E-state index is 12.2. The molecule has 30 heavy (non-hydrogen) atoms. The topological polar surface area (TPSA) is 60.0 Å². The van der Waals surface area contributed by atoms with Gasteiger partial charge >= 0.3 is 0 Å². The van der Waals surface area contributed by atoms with Gasteiger partial charge in [0.1, 0.15) is 0 Å². The Bertz CT molecular complexity index is 825. The molecule has 2 aromatic carbocycles. The van der Waals surface area contributed by atoms with Crippen molar-refractivity contribution in [2.45, 2.75) is 6.92 Å². The third-order valence-corrected chi connectivity index (χ3v) is 5.14. The van der Waals surface area contributed by atoms with Gasteiger partial charge in [0.15, 0.2) is 5.96 Å². The van der Waals surface area contributed by atoms with E-state index in [0.717, 1.165) is 38.7 Å². The Labute approximate surface area is 200 Å². The molecular formula is C22H29ClIN5O. The van der Waals surface area contributed by atoms with Crippen LogP contribution in [-0.4, -0.2) is 62.6 Å². The molecule has 0 atom stereocenters. The van der Waals surface area contributed by atoms with Crippen LogP contribution in [-0.2, 0) is 0 Å². The molecule has 2 aromatic rings. The highest BCUT2D eigenvalue weighted by atomic mass is 127. The molecular weight excluding hydrogens is 513 g/mol. The van der Waals surface area contributed by atoms with E-state index in [1.54, 1.807) is 18.2 Å². The quantitative estimate of drug-likeness (QED) is 0.255. The molecule has 0 radical (unpaired) electrons. The fraction of sp³-hybridized carbons (Fsp3) is 0.364. The summed E-state index contributed by atoms with van der Waals surface area (Å²) in [5.41, 5.74) is 1.75. The summed E-state index contributed by atoms with van der Waals surface area (Å²) in [7, 11) is 0. The Morgan fingerprint density at radius 1 is 1.00 bits per heavy atom. The molecule has 8 heteroatoms. The van der Waals surface area contributed by atoms with Gasteiger partial charge in [-0.1, -0.05) is 41.9 Å². The second-order valence-electron chi connectivity index (χ2n) is 6.78. The Balaban J connectivity index is 0.00000320. The molecule has 0 spiro atoms. The number of nitrogens with zero attached hydrogens (tertiary/aromatic N) is 3. The highest BCUT2D eigenvalue weighted by Gasteiger charge is 2.19. The Morgan fingerprint density at radius 2 is 1.67 bits per heavy atom. The van der Waals surface area contributed by atoms with Gasteiger partial charge in [0.05, 0.1) is 17.1 Å². The number of para-hydroxylation sites is 1. The Hall–Kier alpha value is -2.00. The van der Waals surface area contributed by atoms with E-state index < -0.39 is 0 Å². The van der Waals surface area contributed by atoms with Gasteiger partial charge in [-0.3, -0.25) is 9.79 Å². The molecule has 1 amide bonds. The smallest absolute Gasteiger partial charge is 0.252 e. The molecule has 1 saturated heterocycles. The molecule has 0 aliphatic carbocycles. The Kier molecular flexibility index (Phi) is 10.2. The lowest BCUT2D eigenvalue weighted by Crippen LogP contribution is -2.52. The lowest BCUT2D eigenvalue weighted by molar-refractivity contribution is 0.0955. The number of carbonyl (C=O) groups excluding carboxylic acids is 1. The van der Waals surface area contributed by atoms with Crippen molar-refractivity contribution in [1.82, 2.24) is 15.5 Å². The van der Waals surface area contributed by atoms with Crippen molar-refractivity contribution in [2.75, 3.05) is 50.7 Å². The van der Waals surface area contributed by atoms with Crippen LogP contribution in [0.5, 0.6) is 0 Å². The third kappa shape index (κ3) is 6.77. The summed E-state index contributed by atoms with van der Waals surface area (Å²) >= 11 is 6.07. The zero-order valence-corrected chi connectivity index (χ0v) is 20.3. The lowest BCUT2D eigenvalue weighted by Gasteiger charge is -2.37. The van der Waals surface area contributed by atoms with Crippen LogP contribution in [0.25, 0.3) is 0 Å². The van der Waals surface area contributed by atoms with Crippen LogP contribution < -0.4 is 15.5 Å². The first-order chi connectivity index (χ1) is 14.2. The van der Waals surface area contributed by atoms with E-state index in [-0.39, 0.29) is 29.9 Å². The van der Waals surface area contributed by atoms with Crippen molar-refractivity contribution >= 4 is 53.1 Å². The molecule has 3 rings (SSSR count). The molecule has 1 heterocycles. The summed E-state index contributed by atoms with van der Waals surface area (Å²) in [5.74, 6) is 0.722. The molecule has 6 nitrogen and oxygen atoms in total. The van der Waals surface area contributed by atoms with Crippen LogP contribution in [0.2, 0.25) is 5.02 Å². The number of carbonyl (C=O) groups is 1. The van der Waals surface area contributed by atoms with Crippen LogP contribution in [0.1, 0.15) is 17.3 Å². The maximum Gasteiger partial charge on any atom is 0.252 e. The number of anilines is 1. The number of guanidine groups is 1. The number of aliphatic imine (C=N–C) groups is 1. The standard InChI is InChI=1S/C22H28ClN5O.HI/c1-2-24-22(26-13-12-25-21(29)19-10-6-7-11-20(19)23)28-16-14-27(15-17-28)18-8-4-3-5-9-18;/h3-11H,2,12-17H2,1H3,(H,24,26)(H,25,29);1H. The van der Waals surface area contributed by atoms with Gasteiger partial charge in [0.25, 0.3) is 5.91 Å². The number of halogens is 2. The predicted octanol–water partition coefficient (Wildman–Crippen LogP) is 3.48. The van der Waals surface area contributed by atoms with Gasteiger partial charge in [-0.15, -0.1) is 24.0 Å². The van der Waals surface area contributed by atoms with Gasteiger partial charge < -0.3 is 20.4 Å². The third-order valence-electron chi connectivity index (χ3n) is 4.81. The fourth-order valence-electron chi connectivity index (χ4n) is 3.31. The normalized spacial score (nSPS) is 14.1. The van der Waals surface area contributed by atoms with Crippen LogP contribution in [0.15, 0.2) is 59.6 Å². The van der Waals surface area contributed by atoms with Crippen molar-refractivity contribution < 1.29 is 4.79 Å². The number of benzene rings is 2. The van der Waals surface area contributed by atoms with Gasteiger partial charge in [-0.05, 0) is 31.2 Å². The van der Waals surface area contributed by atoms with Gasteiger partial charge in [0.2, 0.25) is 0 Å². The minimum absolute atomic E-state index is 0. The van der Waals surface area contributed by atoms with Crippen molar-refractivity contribution in [2.24, 2.45) is 4.99 Å². The van der Waals surface area contributed by atoms with Crippen LogP contribution in [0.4, 0.5) is 5.69 Å². The zero-order valence-electron chi connectivity index (χ0n) is 17.2. The second-order valence-corrected chi connectivity index (χ2v) is 7.19. The first-order valence-corrected chi connectivity index (χ1v) is 10.4.